The molecular weight excluding hydrogens is 302 g/mol. The summed E-state index contributed by atoms with van der Waals surface area (Å²) in [7, 11) is 1.58. The monoisotopic (exact) mass is 323 g/mol. The van der Waals surface area contributed by atoms with Gasteiger partial charge in [0.15, 0.2) is 5.78 Å². The summed E-state index contributed by atoms with van der Waals surface area (Å²) in [5.41, 5.74) is 0.588. The molecule has 6 heteroatoms. The molecule has 2 atom stereocenters. The molecule has 1 saturated heterocycles. The second-order valence-corrected chi connectivity index (χ2v) is 6.30. The lowest BCUT2D eigenvalue weighted by molar-refractivity contribution is -0.0515. The van der Waals surface area contributed by atoms with E-state index >= 15 is 0 Å². The number of hydrogen-bond acceptors (Lipinski definition) is 5. The first kappa shape index (κ1) is 16.8. The Labute approximate surface area is 135 Å². The van der Waals surface area contributed by atoms with Gasteiger partial charge in [-0.15, -0.1) is 0 Å². The first-order chi connectivity index (χ1) is 10.5. The highest BCUT2D eigenvalue weighted by atomic mass is 32.2. The molecule has 22 heavy (non-hydrogen) atoms. The number of hydrogen-bond donors (Lipinski definition) is 0. The summed E-state index contributed by atoms with van der Waals surface area (Å²) in [6.07, 6.45) is 0.0659. The highest BCUT2D eigenvalue weighted by Gasteiger charge is 2.26. The number of thioether (sulfide) groups is 1. The molecule has 0 N–H and O–H groups in total. The van der Waals surface area contributed by atoms with Gasteiger partial charge < -0.3 is 14.4 Å². The minimum atomic E-state index is -0.0659. The van der Waals surface area contributed by atoms with Crippen molar-refractivity contribution in [1.82, 2.24) is 4.90 Å². The Morgan fingerprint density at radius 2 is 1.82 bits per heavy atom. The summed E-state index contributed by atoms with van der Waals surface area (Å²) >= 11 is 1.05. The van der Waals surface area contributed by atoms with Crippen LogP contribution in [0.15, 0.2) is 24.3 Å². The Bertz CT molecular complexity index is 521. The Kier molecular flexibility index (Phi) is 5.85. The van der Waals surface area contributed by atoms with Gasteiger partial charge in [0, 0.05) is 18.7 Å². The molecule has 0 aliphatic carbocycles. The van der Waals surface area contributed by atoms with Crippen LogP contribution in [-0.2, 0) is 4.74 Å². The highest BCUT2D eigenvalue weighted by molar-refractivity contribution is 8.14. The molecule has 120 valence electrons. The van der Waals surface area contributed by atoms with Gasteiger partial charge >= 0.3 is 0 Å². The molecule has 0 radical (unpaired) electrons. The first-order valence-corrected chi connectivity index (χ1v) is 8.22. The second-order valence-electron chi connectivity index (χ2n) is 5.37. The van der Waals surface area contributed by atoms with Crippen LogP contribution in [0.25, 0.3) is 0 Å². The molecule has 0 saturated carbocycles. The van der Waals surface area contributed by atoms with Crippen molar-refractivity contribution >= 4 is 22.8 Å². The Morgan fingerprint density at radius 1 is 1.23 bits per heavy atom. The van der Waals surface area contributed by atoms with Crippen molar-refractivity contribution in [3.63, 3.8) is 0 Å². The average Bonchev–Trinajstić information content (AvgIpc) is 2.51. The molecule has 1 heterocycles. The second kappa shape index (κ2) is 7.65. The zero-order valence-corrected chi connectivity index (χ0v) is 13.9. The predicted octanol–water partition coefficient (Wildman–Crippen LogP) is 2.84. The first-order valence-electron chi connectivity index (χ1n) is 7.24. The summed E-state index contributed by atoms with van der Waals surface area (Å²) in [5.74, 6) is 0.789. The van der Waals surface area contributed by atoms with E-state index in [1.54, 1.807) is 36.3 Å². The fourth-order valence-electron chi connectivity index (χ4n) is 2.41. The topological polar surface area (TPSA) is 55.8 Å². The van der Waals surface area contributed by atoms with Gasteiger partial charge in [0.1, 0.15) is 5.75 Å². The number of methoxy groups -OCH3 is 1. The van der Waals surface area contributed by atoms with Crippen molar-refractivity contribution in [2.24, 2.45) is 0 Å². The molecule has 5 nitrogen and oxygen atoms in total. The van der Waals surface area contributed by atoms with Crippen LogP contribution in [0.5, 0.6) is 5.75 Å². The van der Waals surface area contributed by atoms with Crippen molar-refractivity contribution in [3.8, 4) is 5.75 Å². The van der Waals surface area contributed by atoms with E-state index in [1.165, 1.54) is 0 Å². The van der Waals surface area contributed by atoms with Crippen molar-refractivity contribution in [2.45, 2.75) is 26.1 Å². The number of carbonyl (C=O) groups is 2. The van der Waals surface area contributed by atoms with Crippen LogP contribution in [0.4, 0.5) is 4.79 Å². The van der Waals surface area contributed by atoms with E-state index < -0.39 is 0 Å². The number of amides is 1. The zero-order valence-electron chi connectivity index (χ0n) is 13.1. The fourth-order valence-corrected chi connectivity index (χ4v) is 3.16. The molecule has 0 bridgehead atoms. The van der Waals surface area contributed by atoms with Crippen LogP contribution < -0.4 is 4.74 Å². The minimum absolute atomic E-state index is 0.0330. The maximum absolute atomic E-state index is 12.2. The lowest BCUT2D eigenvalue weighted by atomic mass is 10.1. The van der Waals surface area contributed by atoms with Crippen molar-refractivity contribution in [3.05, 3.63) is 29.8 Å². The van der Waals surface area contributed by atoms with Crippen LogP contribution in [0, 0.1) is 0 Å². The van der Waals surface area contributed by atoms with Crippen molar-refractivity contribution in [2.75, 3.05) is 26.0 Å². The standard InChI is InChI=1S/C16H21NO4S/c1-11-8-17(9-12(2)21-11)16(19)22-10-15(18)13-4-6-14(20-3)7-5-13/h4-7,11-12H,8-10H2,1-3H3. The molecular formula is C16H21NO4S. The summed E-state index contributed by atoms with van der Waals surface area (Å²) in [6.45, 7) is 5.05. The summed E-state index contributed by atoms with van der Waals surface area (Å²) in [6, 6.07) is 6.91. The van der Waals surface area contributed by atoms with Gasteiger partial charge in [0.25, 0.3) is 5.24 Å². The van der Waals surface area contributed by atoms with E-state index in [9.17, 15) is 9.59 Å². The van der Waals surface area contributed by atoms with Gasteiger partial charge in [0.2, 0.25) is 0 Å². The molecule has 0 spiro atoms. The van der Waals surface area contributed by atoms with Crippen molar-refractivity contribution in [1.29, 1.82) is 0 Å². The van der Waals surface area contributed by atoms with E-state index in [-0.39, 0.29) is 29.0 Å². The number of ketones is 1. The summed E-state index contributed by atoms with van der Waals surface area (Å²) < 4.78 is 10.7. The molecule has 1 aromatic carbocycles. The van der Waals surface area contributed by atoms with Crippen LogP contribution >= 0.6 is 11.8 Å². The van der Waals surface area contributed by atoms with Gasteiger partial charge in [-0.3, -0.25) is 9.59 Å². The SMILES string of the molecule is COc1ccc(C(=O)CSC(=O)N2CC(C)OC(C)C2)cc1. The van der Waals surface area contributed by atoms with Gasteiger partial charge in [0.05, 0.1) is 25.1 Å². The fraction of sp³-hybridized carbons (Fsp3) is 0.500. The number of rotatable bonds is 4. The minimum Gasteiger partial charge on any atom is -0.497 e. The molecule has 1 fully saturated rings. The predicted molar refractivity (Wildman–Crippen MR) is 86.8 cm³/mol. The van der Waals surface area contributed by atoms with Crippen LogP contribution in [-0.4, -0.2) is 54.1 Å². The lowest BCUT2D eigenvalue weighted by Gasteiger charge is -2.34. The van der Waals surface area contributed by atoms with Crippen molar-refractivity contribution < 1.29 is 19.1 Å². The number of Topliss-reactive ketones (excluding diaryl/α,β-unsaturated/α-hetero) is 1. The Hall–Kier alpha value is -1.53. The number of benzene rings is 1. The number of carbonyl (C=O) groups excluding carboxylic acids is 2. The average molecular weight is 323 g/mol. The molecule has 1 amide bonds. The smallest absolute Gasteiger partial charge is 0.282 e. The van der Waals surface area contributed by atoms with E-state index in [0.29, 0.717) is 24.4 Å². The third-order valence-electron chi connectivity index (χ3n) is 3.42. The van der Waals surface area contributed by atoms with E-state index in [4.69, 9.17) is 9.47 Å². The highest BCUT2D eigenvalue weighted by Crippen LogP contribution is 2.18. The molecule has 1 aliphatic rings. The molecule has 0 aromatic heterocycles. The molecule has 2 unspecified atom stereocenters. The van der Waals surface area contributed by atoms with E-state index in [1.807, 2.05) is 13.8 Å². The van der Waals surface area contributed by atoms with Crippen LogP contribution in [0.1, 0.15) is 24.2 Å². The van der Waals surface area contributed by atoms with Gasteiger partial charge in [-0.1, -0.05) is 11.8 Å². The Balaban J connectivity index is 1.85. The van der Waals surface area contributed by atoms with Gasteiger partial charge in [-0.05, 0) is 38.1 Å². The molecule has 1 aromatic rings. The van der Waals surface area contributed by atoms with Gasteiger partial charge in [-0.2, -0.15) is 0 Å². The van der Waals surface area contributed by atoms with Crippen LogP contribution in [0.2, 0.25) is 0 Å². The largest absolute Gasteiger partial charge is 0.497 e. The van der Waals surface area contributed by atoms with E-state index in [2.05, 4.69) is 0 Å². The van der Waals surface area contributed by atoms with Crippen LogP contribution in [0.3, 0.4) is 0 Å². The number of morpholine rings is 1. The summed E-state index contributed by atoms with van der Waals surface area (Å²) in [4.78, 5) is 26.0. The lowest BCUT2D eigenvalue weighted by Crippen LogP contribution is -2.47. The number of ether oxygens (including phenoxy) is 2. The number of nitrogens with zero attached hydrogens (tertiary/aromatic N) is 1. The zero-order chi connectivity index (χ0) is 16.1. The van der Waals surface area contributed by atoms with E-state index in [0.717, 1.165) is 11.8 Å². The quantitative estimate of drug-likeness (QED) is 0.798. The Morgan fingerprint density at radius 3 is 2.36 bits per heavy atom. The third-order valence-corrected chi connectivity index (χ3v) is 4.33. The maximum Gasteiger partial charge on any atom is 0.282 e. The maximum atomic E-state index is 12.2. The normalized spacial score (nSPS) is 21.5. The van der Waals surface area contributed by atoms with Gasteiger partial charge in [-0.25, -0.2) is 0 Å². The molecule has 1 aliphatic heterocycles. The molecule has 2 rings (SSSR count). The third kappa shape index (κ3) is 4.48. The summed E-state index contributed by atoms with van der Waals surface area (Å²) in [5, 5.41) is -0.0659.